The summed E-state index contributed by atoms with van der Waals surface area (Å²) in [5.41, 5.74) is 1.08. The molecule has 3 rings (SSSR count). The van der Waals surface area contributed by atoms with Crippen molar-refractivity contribution in [3.63, 3.8) is 0 Å². The Balaban J connectivity index is 2.12. The number of imidazole rings is 1. The van der Waals surface area contributed by atoms with E-state index in [0.29, 0.717) is 5.92 Å². The van der Waals surface area contributed by atoms with Gasteiger partial charge in [0.1, 0.15) is 17.1 Å². The Morgan fingerprint density at radius 1 is 1.38 bits per heavy atom. The molecule has 0 radical (unpaired) electrons. The monoisotopic (exact) mass is 216 g/mol. The lowest BCUT2D eigenvalue weighted by Crippen LogP contribution is -2.00. The smallest absolute Gasteiger partial charge is 0.144 e. The standard InChI is InChI=1S/C13H16N2O/c1-16-12-7-4-8-15-11(12)9-14-13(15)10-5-2-3-6-10/h4,7-10H,2-3,5-6H2,1H3. The highest BCUT2D eigenvalue weighted by Crippen LogP contribution is 2.34. The molecule has 0 bridgehead atoms. The zero-order valence-electron chi connectivity index (χ0n) is 9.52. The van der Waals surface area contributed by atoms with Crippen LogP contribution in [0, 0.1) is 0 Å². The summed E-state index contributed by atoms with van der Waals surface area (Å²) in [4.78, 5) is 4.57. The Bertz CT molecular complexity index is 498. The average molecular weight is 216 g/mol. The van der Waals surface area contributed by atoms with Gasteiger partial charge in [0.25, 0.3) is 0 Å². The topological polar surface area (TPSA) is 26.5 Å². The zero-order valence-corrected chi connectivity index (χ0v) is 9.52. The van der Waals surface area contributed by atoms with Crippen molar-refractivity contribution in [3.8, 4) is 5.75 Å². The lowest BCUT2D eigenvalue weighted by atomic mass is 10.1. The van der Waals surface area contributed by atoms with Crippen molar-refractivity contribution >= 4 is 5.52 Å². The highest BCUT2D eigenvalue weighted by Gasteiger charge is 2.21. The first-order valence-electron chi connectivity index (χ1n) is 5.90. The first-order valence-corrected chi connectivity index (χ1v) is 5.90. The molecule has 0 aliphatic heterocycles. The van der Waals surface area contributed by atoms with Crippen LogP contribution in [0.4, 0.5) is 0 Å². The van der Waals surface area contributed by atoms with Crippen LogP contribution in [0.25, 0.3) is 5.52 Å². The van der Waals surface area contributed by atoms with E-state index in [9.17, 15) is 0 Å². The number of aromatic nitrogens is 2. The SMILES string of the molecule is COc1cccn2c(C3CCCC3)ncc12. The minimum absolute atomic E-state index is 0.634. The summed E-state index contributed by atoms with van der Waals surface area (Å²) in [5, 5.41) is 0. The highest BCUT2D eigenvalue weighted by molar-refractivity contribution is 5.59. The van der Waals surface area contributed by atoms with Gasteiger partial charge >= 0.3 is 0 Å². The number of fused-ring (bicyclic) bond motifs is 1. The van der Waals surface area contributed by atoms with E-state index >= 15 is 0 Å². The minimum Gasteiger partial charge on any atom is -0.494 e. The summed E-state index contributed by atoms with van der Waals surface area (Å²) in [7, 11) is 1.71. The molecule has 1 aliphatic carbocycles. The maximum Gasteiger partial charge on any atom is 0.144 e. The van der Waals surface area contributed by atoms with E-state index < -0.39 is 0 Å². The minimum atomic E-state index is 0.634. The van der Waals surface area contributed by atoms with Gasteiger partial charge < -0.3 is 9.14 Å². The molecule has 84 valence electrons. The lowest BCUT2D eigenvalue weighted by Gasteiger charge is -2.08. The number of methoxy groups -OCH3 is 1. The van der Waals surface area contributed by atoms with Crippen molar-refractivity contribution in [2.24, 2.45) is 0 Å². The van der Waals surface area contributed by atoms with Gasteiger partial charge in [0.15, 0.2) is 0 Å². The number of nitrogens with zero attached hydrogens (tertiary/aromatic N) is 2. The van der Waals surface area contributed by atoms with Crippen LogP contribution in [0.2, 0.25) is 0 Å². The summed E-state index contributed by atoms with van der Waals surface area (Å²) < 4.78 is 7.52. The molecule has 2 aromatic rings. The summed E-state index contributed by atoms with van der Waals surface area (Å²) >= 11 is 0. The highest BCUT2D eigenvalue weighted by atomic mass is 16.5. The molecule has 2 heterocycles. The fourth-order valence-corrected chi connectivity index (χ4v) is 2.67. The molecule has 0 unspecified atom stereocenters. The Kier molecular flexibility index (Phi) is 2.31. The van der Waals surface area contributed by atoms with E-state index in [-0.39, 0.29) is 0 Å². The second kappa shape index (κ2) is 3.81. The molecule has 0 saturated heterocycles. The Hall–Kier alpha value is -1.51. The van der Waals surface area contributed by atoms with Crippen LogP contribution in [0.3, 0.4) is 0 Å². The van der Waals surface area contributed by atoms with Crippen molar-refractivity contribution in [1.29, 1.82) is 0 Å². The molecule has 16 heavy (non-hydrogen) atoms. The maximum atomic E-state index is 5.34. The van der Waals surface area contributed by atoms with Crippen LogP contribution in [0.15, 0.2) is 24.5 Å². The normalized spacial score (nSPS) is 17.1. The van der Waals surface area contributed by atoms with E-state index in [1.165, 1.54) is 31.5 Å². The van der Waals surface area contributed by atoms with Crippen molar-refractivity contribution < 1.29 is 4.74 Å². The molecule has 1 aliphatic rings. The first-order chi connectivity index (χ1) is 7.90. The predicted octanol–water partition coefficient (Wildman–Crippen LogP) is 3.00. The second-order valence-corrected chi connectivity index (χ2v) is 4.43. The van der Waals surface area contributed by atoms with Gasteiger partial charge in [-0.25, -0.2) is 4.98 Å². The predicted molar refractivity (Wildman–Crippen MR) is 63.0 cm³/mol. The zero-order chi connectivity index (χ0) is 11.0. The van der Waals surface area contributed by atoms with Gasteiger partial charge in [0.05, 0.1) is 13.3 Å². The molecule has 3 heteroatoms. The van der Waals surface area contributed by atoms with E-state index in [1.807, 2.05) is 18.3 Å². The number of hydrogen-bond acceptors (Lipinski definition) is 2. The fraction of sp³-hybridized carbons (Fsp3) is 0.462. The number of ether oxygens (including phenoxy) is 1. The Labute approximate surface area is 95.1 Å². The quantitative estimate of drug-likeness (QED) is 0.771. The van der Waals surface area contributed by atoms with Crippen molar-refractivity contribution in [3.05, 3.63) is 30.4 Å². The number of hydrogen-bond donors (Lipinski definition) is 0. The van der Waals surface area contributed by atoms with Crippen LogP contribution < -0.4 is 4.74 Å². The molecule has 1 saturated carbocycles. The van der Waals surface area contributed by atoms with Crippen LogP contribution in [0.5, 0.6) is 5.75 Å². The van der Waals surface area contributed by atoms with Gasteiger partial charge in [-0.1, -0.05) is 12.8 Å². The van der Waals surface area contributed by atoms with Crippen molar-refractivity contribution in [1.82, 2.24) is 9.38 Å². The van der Waals surface area contributed by atoms with Crippen LogP contribution in [-0.2, 0) is 0 Å². The summed E-state index contributed by atoms with van der Waals surface area (Å²) in [5.74, 6) is 2.74. The van der Waals surface area contributed by atoms with Gasteiger partial charge in [-0.05, 0) is 25.0 Å². The van der Waals surface area contributed by atoms with Crippen molar-refractivity contribution in [2.75, 3.05) is 7.11 Å². The molecule has 2 aromatic heterocycles. The number of pyridine rings is 1. The molecule has 3 nitrogen and oxygen atoms in total. The molecular weight excluding hydrogens is 200 g/mol. The van der Waals surface area contributed by atoms with E-state index in [1.54, 1.807) is 7.11 Å². The van der Waals surface area contributed by atoms with E-state index in [0.717, 1.165) is 11.3 Å². The molecule has 0 spiro atoms. The van der Waals surface area contributed by atoms with Gasteiger partial charge in [-0.2, -0.15) is 0 Å². The third-order valence-electron chi connectivity index (χ3n) is 3.50. The van der Waals surface area contributed by atoms with Crippen LogP contribution in [0.1, 0.15) is 37.4 Å². The average Bonchev–Trinajstić information content (AvgIpc) is 2.96. The third-order valence-corrected chi connectivity index (χ3v) is 3.50. The van der Waals surface area contributed by atoms with Crippen molar-refractivity contribution in [2.45, 2.75) is 31.6 Å². The molecule has 0 aromatic carbocycles. The molecule has 0 N–H and O–H groups in total. The summed E-state index contributed by atoms with van der Waals surface area (Å²) in [6.07, 6.45) is 9.23. The number of rotatable bonds is 2. The Morgan fingerprint density at radius 3 is 2.94 bits per heavy atom. The summed E-state index contributed by atoms with van der Waals surface area (Å²) in [6, 6.07) is 4.00. The first kappa shape index (κ1) is 9.70. The van der Waals surface area contributed by atoms with Crippen LogP contribution >= 0.6 is 0 Å². The van der Waals surface area contributed by atoms with Gasteiger partial charge in [-0.3, -0.25) is 0 Å². The Morgan fingerprint density at radius 2 is 2.19 bits per heavy atom. The molecule has 0 atom stereocenters. The van der Waals surface area contributed by atoms with E-state index in [4.69, 9.17) is 4.74 Å². The molecule has 1 fully saturated rings. The van der Waals surface area contributed by atoms with Gasteiger partial charge in [-0.15, -0.1) is 0 Å². The largest absolute Gasteiger partial charge is 0.494 e. The third kappa shape index (κ3) is 1.39. The van der Waals surface area contributed by atoms with E-state index in [2.05, 4.69) is 15.6 Å². The molecular formula is C13H16N2O. The van der Waals surface area contributed by atoms with Gasteiger partial charge in [0, 0.05) is 12.1 Å². The lowest BCUT2D eigenvalue weighted by molar-refractivity contribution is 0.417. The fourth-order valence-electron chi connectivity index (χ4n) is 2.67. The van der Waals surface area contributed by atoms with Crippen LogP contribution in [-0.4, -0.2) is 16.5 Å². The summed E-state index contributed by atoms with van der Waals surface area (Å²) in [6.45, 7) is 0. The maximum absolute atomic E-state index is 5.34. The van der Waals surface area contributed by atoms with Gasteiger partial charge in [0.2, 0.25) is 0 Å². The molecule has 0 amide bonds. The second-order valence-electron chi connectivity index (χ2n) is 4.43.